The Bertz CT molecular complexity index is 778. The highest BCUT2D eigenvalue weighted by Gasteiger charge is 2.42. The minimum Gasteiger partial charge on any atom is -0.488 e. The maximum atomic E-state index is 11.7. The molecule has 1 aliphatic carbocycles. The number of hydrogen-bond acceptors (Lipinski definition) is 6. The Balaban J connectivity index is 1.39. The van der Waals surface area contributed by atoms with Gasteiger partial charge in [-0.25, -0.2) is 4.79 Å². The van der Waals surface area contributed by atoms with Gasteiger partial charge in [0.05, 0.1) is 18.8 Å². The number of thiophene rings is 1. The number of benzene rings is 1. The lowest BCUT2D eigenvalue weighted by Crippen LogP contribution is -2.42. The van der Waals surface area contributed by atoms with Gasteiger partial charge in [0.2, 0.25) is 0 Å². The van der Waals surface area contributed by atoms with Crippen LogP contribution in [0, 0.1) is 11.8 Å². The van der Waals surface area contributed by atoms with Gasteiger partial charge < -0.3 is 14.6 Å². The fourth-order valence-electron chi connectivity index (χ4n) is 4.37. The van der Waals surface area contributed by atoms with E-state index < -0.39 is 6.10 Å². The zero-order valence-electron chi connectivity index (χ0n) is 15.4. The number of nitrogens with zero attached hydrogens (tertiary/aromatic N) is 1. The van der Waals surface area contributed by atoms with Crippen molar-refractivity contribution >= 4 is 17.3 Å². The van der Waals surface area contributed by atoms with Crippen LogP contribution in [0.2, 0.25) is 0 Å². The van der Waals surface area contributed by atoms with E-state index in [0.717, 1.165) is 32.5 Å². The van der Waals surface area contributed by atoms with E-state index >= 15 is 0 Å². The van der Waals surface area contributed by atoms with E-state index in [2.05, 4.69) is 21.7 Å². The van der Waals surface area contributed by atoms with Crippen LogP contribution < -0.4 is 4.74 Å². The van der Waals surface area contributed by atoms with E-state index in [-0.39, 0.29) is 12.1 Å². The highest BCUT2D eigenvalue weighted by atomic mass is 32.1. The van der Waals surface area contributed by atoms with Gasteiger partial charge in [0.15, 0.2) is 0 Å². The molecule has 144 valence electrons. The van der Waals surface area contributed by atoms with Crippen LogP contribution in [0.5, 0.6) is 5.75 Å². The zero-order valence-corrected chi connectivity index (χ0v) is 16.2. The first kappa shape index (κ1) is 18.5. The molecule has 1 N–H and O–H groups in total. The minimum atomic E-state index is -0.478. The molecule has 1 saturated carbocycles. The van der Waals surface area contributed by atoms with E-state index in [9.17, 15) is 9.90 Å². The summed E-state index contributed by atoms with van der Waals surface area (Å²) < 4.78 is 10.8. The van der Waals surface area contributed by atoms with Crippen molar-refractivity contribution < 1.29 is 19.4 Å². The number of esters is 1. The van der Waals surface area contributed by atoms with Crippen molar-refractivity contribution in [1.29, 1.82) is 0 Å². The first-order valence-corrected chi connectivity index (χ1v) is 10.3. The molecule has 2 aliphatic rings. The SMILES string of the molecule is COC(=O)c1cccc(O[C@@H]2C[C@@H]3CN(Cc4ccsc4)C[C@@H]3C[C@H]2O)c1. The van der Waals surface area contributed by atoms with Crippen LogP contribution in [0.1, 0.15) is 28.8 Å². The Morgan fingerprint density at radius 3 is 2.81 bits per heavy atom. The number of aliphatic hydroxyl groups excluding tert-OH is 1. The van der Waals surface area contributed by atoms with Crippen molar-refractivity contribution in [3.05, 3.63) is 52.2 Å². The van der Waals surface area contributed by atoms with Crippen LogP contribution in [0.25, 0.3) is 0 Å². The van der Waals surface area contributed by atoms with Crippen molar-refractivity contribution in [2.75, 3.05) is 20.2 Å². The van der Waals surface area contributed by atoms with Gasteiger partial charge in [-0.3, -0.25) is 4.90 Å². The van der Waals surface area contributed by atoms with Gasteiger partial charge in [-0.2, -0.15) is 11.3 Å². The van der Waals surface area contributed by atoms with Crippen LogP contribution in [0.4, 0.5) is 0 Å². The molecule has 0 radical (unpaired) electrons. The molecule has 1 aromatic carbocycles. The summed E-state index contributed by atoms with van der Waals surface area (Å²) in [5.74, 6) is 1.29. The van der Waals surface area contributed by atoms with E-state index in [1.807, 2.05) is 6.07 Å². The molecule has 0 spiro atoms. The summed E-state index contributed by atoms with van der Waals surface area (Å²) in [6.07, 6.45) is 0.898. The van der Waals surface area contributed by atoms with Gasteiger partial charge in [-0.15, -0.1) is 0 Å². The Morgan fingerprint density at radius 2 is 2.07 bits per heavy atom. The molecule has 0 bridgehead atoms. The molecule has 2 aromatic rings. The van der Waals surface area contributed by atoms with Crippen molar-refractivity contribution in [3.63, 3.8) is 0 Å². The average molecular weight is 388 g/mol. The number of carbonyl (C=O) groups is 1. The molecule has 2 heterocycles. The molecule has 1 saturated heterocycles. The molecule has 0 amide bonds. The number of carbonyl (C=O) groups excluding carboxylic acids is 1. The quantitative estimate of drug-likeness (QED) is 0.799. The van der Waals surface area contributed by atoms with Crippen molar-refractivity contribution in [3.8, 4) is 5.75 Å². The molecular weight excluding hydrogens is 362 g/mol. The van der Waals surface area contributed by atoms with E-state index in [1.54, 1.807) is 29.5 Å². The van der Waals surface area contributed by atoms with E-state index in [4.69, 9.17) is 9.47 Å². The van der Waals surface area contributed by atoms with Gasteiger partial charge in [0.1, 0.15) is 11.9 Å². The van der Waals surface area contributed by atoms with Crippen LogP contribution in [-0.4, -0.2) is 48.4 Å². The lowest BCUT2D eigenvalue weighted by molar-refractivity contribution is -0.0231. The summed E-state index contributed by atoms with van der Waals surface area (Å²) in [4.78, 5) is 14.2. The number of hydrogen-bond donors (Lipinski definition) is 1. The fraction of sp³-hybridized carbons (Fsp3) is 0.476. The molecule has 2 fully saturated rings. The second-order valence-corrected chi connectivity index (χ2v) is 8.34. The van der Waals surface area contributed by atoms with Crippen LogP contribution in [0.3, 0.4) is 0 Å². The van der Waals surface area contributed by atoms with Gasteiger partial charge in [-0.1, -0.05) is 6.07 Å². The fourth-order valence-corrected chi connectivity index (χ4v) is 5.03. The van der Waals surface area contributed by atoms with E-state index in [1.165, 1.54) is 12.7 Å². The maximum absolute atomic E-state index is 11.7. The van der Waals surface area contributed by atoms with Gasteiger partial charge >= 0.3 is 5.97 Å². The third kappa shape index (κ3) is 4.18. The van der Waals surface area contributed by atoms with Crippen molar-refractivity contribution in [2.45, 2.75) is 31.6 Å². The number of likely N-dealkylation sites (tertiary alicyclic amines) is 1. The average Bonchev–Trinajstić information content (AvgIpc) is 3.31. The summed E-state index contributed by atoms with van der Waals surface area (Å²) in [6.45, 7) is 3.08. The minimum absolute atomic E-state index is 0.236. The number of ether oxygens (including phenoxy) is 2. The highest BCUT2D eigenvalue weighted by molar-refractivity contribution is 7.07. The number of methoxy groups -OCH3 is 1. The highest BCUT2D eigenvalue weighted by Crippen LogP contribution is 2.38. The first-order valence-electron chi connectivity index (χ1n) is 9.39. The summed E-state index contributed by atoms with van der Waals surface area (Å²) >= 11 is 1.74. The first-order chi connectivity index (χ1) is 13.1. The molecule has 4 rings (SSSR count). The largest absolute Gasteiger partial charge is 0.488 e. The predicted molar refractivity (Wildman–Crippen MR) is 104 cm³/mol. The molecule has 1 aromatic heterocycles. The van der Waals surface area contributed by atoms with Gasteiger partial charge in [-0.05, 0) is 65.3 Å². The molecule has 1 aliphatic heterocycles. The molecule has 5 nitrogen and oxygen atoms in total. The lowest BCUT2D eigenvalue weighted by Gasteiger charge is -2.35. The third-order valence-corrected chi connectivity index (χ3v) is 6.42. The summed E-state index contributed by atoms with van der Waals surface area (Å²) in [5, 5.41) is 14.9. The smallest absolute Gasteiger partial charge is 0.337 e. The Morgan fingerprint density at radius 1 is 1.26 bits per heavy atom. The van der Waals surface area contributed by atoms with Crippen LogP contribution >= 0.6 is 11.3 Å². The summed E-state index contributed by atoms with van der Waals surface area (Å²) in [5.41, 5.74) is 1.83. The van der Waals surface area contributed by atoms with Gasteiger partial charge in [0.25, 0.3) is 0 Å². The van der Waals surface area contributed by atoms with Crippen LogP contribution in [-0.2, 0) is 11.3 Å². The molecule has 6 heteroatoms. The topological polar surface area (TPSA) is 59.0 Å². The van der Waals surface area contributed by atoms with Crippen molar-refractivity contribution in [2.24, 2.45) is 11.8 Å². The van der Waals surface area contributed by atoms with Gasteiger partial charge in [0, 0.05) is 19.6 Å². The lowest BCUT2D eigenvalue weighted by atomic mass is 9.78. The summed E-state index contributed by atoms with van der Waals surface area (Å²) in [7, 11) is 1.36. The number of fused-ring (bicyclic) bond motifs is 1. The number of aliphatic hydroxyl groups is 1. The monoisotopic (exact) mass is 387 g/mol. The Kier molecular flexibility index (Phi) is 5.48. The maximum Gasteiger partial charge on any atom is 0.337 e. The second kappa shape index (κ2) is 8.00. The van der Waals surface area contributed by atoms with E-state index in [0.29, 0.717) is 23.1 Å². The normalized spacial score (nSPS) is 27.9. The molecular formula is C21H25NO4S. The van der Waals surface area contributed by atoms with Crippen molar-refractivity contribution in [1.82, 2.24) is 4.90 Å². The Hall–Kier alpha value is -1.89. The predicted octanol–water partition coefficient (Wildman–Crippen LogP) is 3.19. The molecule has 0 unspecified atom stereocenters. The van der Waals surface area contributed by atoms with Crippen LogP contribution in [0.15, 0.2) is 41.1 Å². The standard InChI is InChI=1S/C21H25NO4S/c1-25-21(24)15-3-2-4-18(7-15)26-20-9-17-12-22(10-14-5-6-27-13-14)11-16(17)8-19(20)23/h2-7,13,16-17,19-20,23H,8-12H2,1H3/t16-,17+,19+,20+/m0/s1. The molecule has 4 atom stereocenters. The second-order valence-electron chi connectivity index (χ2n) is 7.56. The Labute approximate surface area is 163 Å². The zero-order chi connectivity index (χ0) is 18.8. The number of rotatable bonds is 5. The summed E-state index contributed by atoms with van der Waals surface area (Å²) in [6, 6.07) is 9.16. The molecule has 27 heavy (non-hydrogen) atoms. The third-order valence-electron chi connectivity index (χ3n) is 5.69.